The summed E-state index contributed by atoms with van der Waals surface area (Å²) < 4.78 is 5.02. The van der Waals surface area contributed by atoms with Gasteiger partial charge >= 0.3 is 0 Å². The Morgan fingerprint density at radius 1 is 1.25 bits per heavy atom. The van der Waals surface area contributed by atoms with Gasteiger partial charge in [-0.1, -0.05) is 6.42 Å². The van der Waals surface area contributed by atoms with Gasteiger partial charge in [-0.3, -0.25) is 0 Å². The summed E-state index contributed by atoms with van der Waals surface area (Å²) in [6.45, 7) is 3.09. The fourth-order valence-corrected chi connectivity index (χ4v) is 2.53. The zero-order valence-corrected chi connectivity index (χ0v) is 10.8. The molecule has 0 aromatic carbocycles. The number of unbranched alkanes of at least 4 members (excludes halogenated alkanes) is 2. The number of ether oxygens (including phenoxy) is 1. The lowest BCUT2D eigenvalue weighted by Gasteiger charge is -2.22. The Kier molecular flexibility index (Phi) is 7.01. The van der Waals surface area contributed by atoms with Gasteiger partial charge in [0.25, 0.3) is 0 Å². The van der Waals surface area contributed by atoms with Crippen molar-refractivity contribution in [2.75, 3.05) is 33.9 Å². The summed E-state index contributed by atoms with van der Waals surface area (Å²) in [5, 5.41) is 9.74. The Morgan fingerprint density at radius 2 is 2.06 bits per heavy atom. The van der Waals surface area contributed by atoms with Crippen LogP contribution < -0.4 is 0 Å². The van der Waals surface area contributed by atoms with Gasteiger partial charge in [-0.25, -0.2) is 0 Å². The molecule has 1 aliphatic carbocycles. The minimum absolute atomic E-state index is 0.0454. The van der Waals surface area contributed by atoms with E-state index in [1.54, 1.807) is 7.11 Å². The molecule has 1 aliphatic rings. The van der Waals surface area contributed by atoms with E-state index in [2.05, 4.69) is 11.9 Å². The lowest BCUT2D eigenvalue weighted by Crippen LogP contribution is -2.30. The molecule has 1 fully saturated rings. The van der Waals surface area contributed by atoms with Crippen molar-refractivity contribution < 1.29 is 9.84 Å². The Bertz CT molecular complexity index is 175. The van der Waals surface area contributed by atoms with E-state index >= 15 is 0 Å². The average Bonchev–Trinajstić information content (AvgIpc) is 2.64. The van der Waals surface area contributed by atoms with Crippen molar-refractivity contribution in [1.29, 1.82) is 0 Å². The highest BCUT2D eigenvalue weighted by Crippen LogP contribution is 2.25. The number of methoxy groups -OCH3 is 1. The number of aliphatic hydroxyl groups excluding tert-OH is 1. The molecule has 3 heteroatoms. The van der Waals surface area contributed by atoms with Crippen LogP contribution in [0.2, 0.25) is 0 Å². The summed E-state index contributed by atoms with van der Waals surface area (Å²) in [6, 6.07) is 0. The Hall–Kier alpha value is -0.120. The Labute approximate surface area is 99.8 Å². The number of aliphatic hydroxyl groups is 1. The summed E-state index contributed by atoms with van der Waals surface area (Å²) in [7, 11) is 3.93. The van der Waals surface area contributed by atoms with E-state index in [1.165, 1.54) is 25.7 Å². The van der Waals surface area contributed by atoms with Crippen molar-refractivity contribution in [2.45, 2.75) is 44.6 Å². The summed E-state index contributed by atoms with van der Waals surface area (Å²) >= 11 is 0. The normalized spacial score (nSPS) is 25.5. The highest BCUT2D eigenvalue weighted by molar-refractivity contribution is 4.78. The van der Waals surface area contributed by atoms with E-state index < -0.39 is 0 Å². The first-order chi connectivity index (χ1) is 7.74. The van der Waals surface area contributed by atoms with Crippen LogP contribution >= 0.6 is 0 Å². The zero-order chi connectivity index (χ0) is 11.8. The van der Waals surface area contributed by atoms with Crippen LogP contribution in [0.25, 0.3) is 0 Å². The number of hydrogen-bond acceptors (Lipinski definition) is 3. The predicted molar refractivity (Wildman–Crippen MR) is 66.6 cm³/mol. The molecule has 96 valence electrons. The number of rotatable bonds is 8. The van der Waals surface area contributed by atoms with Gasteiger partial charge in [0.15, 0.2) is 0 Å². The molecule has 2 atom stereocenters. The van der Waals surface area contributed by atoms with Crippen molar-refractivity contribution in [2.24, 2.45) is 5.92 Å². The third kappa shape index (κ3) is 5.28. The van der Waals surface area contributed by atoms with E-state index in [0.29, 0.717) is 5.92 Å². The second-order valence-corrected chi connectivity index (χ2v) is 5.07. The fraction of sp³-hybridized carbons (Fsp3) is 1.00. The molecule has 2 unspecified atom stereocenters. The van der Waals surface area contributed by atoms with Crippen LogP contribution in [0.4, 0.5) is 0 Å². The molecule has 1 saturated carbocycles. The van der Waals surface area contributed by atoms with Gasteiger partial charge in [0, 0.05) is 20.3 Å². The predicted octanol–water partition coefficient (Wildman–Crippen LogP) is 1.90. The maximum atomic E-state index is 9.74. The van der Waals surface area contributed by atoms with Crippen LogP contribution in [-0.4, -0.2) is 50.0 Å². The van der Waals surface area contributed by atoms with Gasteiger partial charge < -0.3 is 14.7 Å². The lowest BCUT2D eigenvalue weighted by molar-refractivity contribution is 0.108. The smallest absolute Gasteiger partial charge is 0.0580 e. The van der Waals surface area contributed by atoms with E-state index in [1.807, 2.05) is 0 Å². The first kappa shape index (κ1) is 13.9. The third-order valence-electron chi connectivity index (χ3n) is 3.55. The molecule has 0 saturated heterocycles. The van der Waals surface area contributed by atoms with Crippen molar-refractivity contribution in [3.05, 3.63) is 0 Å². The molecule has 0 bridgehead atoms. The van der Waals surface area contributed by atoms with E-state index in [-0.39, 0.29) is 6.10 Å². The zero-order valence-electron chi connectivity index (χ0n) is 10.8. The van der Waals surface area contributed by atoms with Crippen LogP contribution in [0.1, 0.15) is 38.5 Å². The van der Waals surface area contributed by atoms with Crippen molar-refractivity contribution in [3.63, 3.8) is 0 Å². The molecule has 1 N–H and O–H groups in total. The SMILES string of the molecule is COCCCCCN(C)CC1CCCC1O. The Balaban J connectivity index is 1.99. The second kappa shape index (κ2) is 8.04. The standard InChI is InChI=1S/C13H27NO2/c1-14(9-4-3-5-10-16-2)11-12-7-6-8-13(12)15/h12-13,15H,3-11H2,1-2H3. The van der Waals surface area contributed by atoms with E-state index in [0.717, 1.165) is 32.5 Å². The summed E-state index contributed by atoms with van der Waals surface area (Å²) in [6.07, 6.45) is 7.01. The molecular formula is C13H27NO2. The van der Waals surface area contributed by atoms with Gasteiger partial charge in [-0.15, -0.1) is 0 Å². The lowest BCUT2D eigenvalue weighted by atomic mass is 10.1. The van der Waals surface area contributed by atoms with Gasteiger partial charge in [0.1, 0.15) is 0 Å². The summed E-state index contributed by atoms with van der Waals surface area (Å²) in [5.74, 6) is 0.518. The highest BCUT2D eigenvalue weighted by atomic mass is 16.5. The Morgan fingerprint density at radius 3 is 2.69 bits per heavy atom. The molecule has 0 amide bonds. The first-order valence-corrected chi connectivity index (χ1v) is 6.59. The quantitative estimate of drug-likeness (QED) is 0.645. The molecule has 1 rings (SSSR count). The van der Waals surface area contributed by atoms with Crippen LogP contribution in [0.3, 0.4) is 0 Å². The molecule has 0 aromatic heterocycles. The maximum Gasteiger partial charge on any atom is 0.0580 e. The average molecular weight is 229 g/mol. The van der Waals surface area contributed by atoms with E-state index in [4.69, 9.17) is 4.74 Å². The largest absolute Gasteiger partial charge is 0.393 e. The van der Waals surface area contributed by atoms with Crippen LogP contribution in [0.5, 0.6) is 0 Å². The van der Waals surface area contributed by atoms with Crippen molar-refractivity contribution >= 4 is 0 Å². The van der Waals surface area contributed by atoms with Crippen molar-refractivity contribution in [3.8, 4) is 0 Å². The molecule has 0 heterocycles. The molecule has 0 radical (unpaired) electrons. The molecule has 16 heavy (non-hydrogen) atoms. The molecule has 0 aliphatic heterocycles. The topological polar surface area (TPSA) is 32.7 Å². The van der Waals surface area contributed by atoms with Gasteiger partial charge in [0.05, 0.1) is 6.10 Å². The maximum absolute atomic E-state index is 9.74. The first-order valence-electron chi connectivity index (χ1n) is 6.59. The molecular weight excluding hydrogens is 202 g/mol. The number of hydrogen-bond donors (Lipinski definition) is 1. The molecule has 0 spiro atoms. The van der Waals surface area contributed by atoms with Crippen LogP contribution in [0.15, 0.2) is 0 Å². The summed E-state index contributed by atoms with van der Waals surface area (Å²) in [4.78, 5) is 2.37. The second-order valence-electron chi connectivity index (χ2n) is 5.07. The van der Waals surface area contributed by atoms with Crippen LogP contribution in [-0.2, 0) is 4.74 Å². The minimum Gasteiger partial charge on any atom is -0.393 e. The minimum atomic E-state index is -0.0454. The van der Waals surface area contributed by atoms with Gasteiger partial charge in [0.2, 0.25) is 0 Å². The van der Waals surface area contributed by atoms with Gasteiger partial charge in [-0.05, 0) is 51.6 Å². The van der Waals surface area contributed by atoms with Crippen LogP contribution in [0, 0.1) is 5.92 Å². The van der Waals surface area contributed by atoms with E-state index in [9.17, 15) is 5.11 Å². The monoisotopic (exact) mass is 229 g/mol. The number of nitrogens with zero attached hydrogens (tertiary/aromatic N) is 1. The van der Waals surface area contributed by atoms with Gasteiger partial charge in [-0.2, -0.15) is 0 Å². The van der Waals surface area contributed by atoms with Crippen molar-refractivity contribution in [1.82, 2.24) is 4.90 Å². The molecule has 0 aromatic rings. The summed E-state index contributed by atoms with van der Waals surface area (Å²) in [5.41, 5.74) is 0. The third-order valence-corrected chi connectivity index (χ3v) is 3.55. The molecule has 3 nitrogen and oxygen atoms in total. The highest BCUT2D eigenvalue weighted by Gasteiger charge is 2.25. The fourth-order valence-electron chi connectivity index (χ4n) is 2.53.